The van der Waals surface area contributed by atoms with Crippen molar-refractivity contribution in [1.82, 2.24) is 4.90 Å². The summed E-state index contributed by atoms with van der Waals surface area (Å²) in [5.74, 6) is 1.92. The van der Waals surface area contributed by atoms with Crippen LogP contribution in [0.2, 0.25) is 0 Å². The first-order valence-electron chi connectivity index (χ1n) is 7.07. The number of rotatable bonds is 4. The summed E-state index contributed by atoms with van der Waals surface area (Å²) < 4.78 is 5.18. The zero-order valence-corrected chi connectivity index (χ0v) is 12.3. The van der Waals surface area contributed by atoms with Crippen LogP contribution in [-0.4, -0.2) is 44.7 Å². The van der Waals surface area contributed by atoms with E-state index in [-0.39, 0.29) is 0 Å². The molecule has 3 N–H and O–H groups in total. The number of nitrogens with one attached hydrogen (secondary N) is 1. The number of methoxy groups -OCH3 is 1. The van der Waals surface area contributed by atoms with Gasteiger partial charge in [-0.25, -0.2) is 0 Å². The first kappa shape index (κ1) is 14.7. The second-order valence-electron chi connectivity index (χ2n) is 5.33. The molecule has 0 aromatic heterocycles. The molecule has 5 nitrogen and oxygen atoms in total. The number of anilines is 1. The molecular formula is C15H24N4O. The highest BCUT2D eigenvalue weighted by Crippen LogP contribution is 2.17. The molecule has 110 valence electrons. The highest BCUT2D eigenvalue weighted by Gasteiger charge is 2.15. The van der Waals surface area contributed by atoms with E-state index in [9.17, 15) is 0 Å². The topological polar surface area (TPSA) is 62.9 Å². The van der Waals surface area contributed by atoms with Gasteiger partial charge in [-0.15, -0.1) is 0 Å². The quantitative estimate of drug-likeness (QED) is 0.650. The Morgan fingerprint density at radius 1 is 1.45 bits per heavy atom. The van der Waals surface area contributed by atoms with Gasteiger partial charge in [-0.05, 0) is 51.0 Å². The average molecular weight is 276 g/mol. The molecule has 2 rings (SSSR count). The van der Waals surface area contributed by atoms with Crippen LogP contribution in [0.25, 0.3) is 0 Å². The molecule has 1 fully saturated rings. The van der Waals surface area contributed by atoms with Gasteiger partial charge in [0.25, 0.3) is 0 Å². The number of piperidine rings is 1. The Morgan fingerprint density at radius 3 is 2.90 bits per heavy atom. The summed E-state index contributed by atoms with van der Waals surface area (Å²) in [5, 5.41) is 3.10. The van der Waals surface area contributed by atoms with E-state index in [4.69, 9.17) is 10.5 Å². The third-order valence-corrected chi connectivity index (χ3v) is 3.70. The van der Waals surface area contributed by atoms with Crippen LogP contribution in [0.5, 0.6) is 5.75 Å². The van der Waals surface area contributed by atoms with Gasteiger partial charge in [-0.1, -0.05) is 6.07 Å². The lowest BCUT2D eigenvalue weighted by Crippen LogP contribution is -2.32. The van der Waals surface area contributed by atoms with Crippen LogP contribution in [0.1, 0.15) is 12.8 Å². The molecule has 1 aromatic carbocycles. The predicted molar refractivity (Wildman–Crippen MR) is 83.3 cm³/mol. The molecule has 0 atom stereocenters. The average Bonchev–Trinajstić information content (AvgIpc) is 2.47. The Morgan fingerprint density at radius 2 is 2.20 bits per heavy atom. The van der Waals surface area contributed by atoms with E-state index >= 15 is 0 Å². The number of benzene rings is 1. The van der Waals surface area contributed by atoms with Crippen molar-refractivity contribution >= 4 is 11.6 Å². The summed E-state index contributed by atoms with van der Waals surface area (Å²) in [4.78, 5) is 6.81. The monoisotopic (exact) mass is 276 g/mol. The lowest BCUT2D eigenvalue weighted by atomic mass is 9.97. The van der Waals surface area contributed by atoms with Crippen LogP contribution >= 0.6 is 0 Å². The SMILES string of the molecule is COc1cccc(NC(N)=NCC2CCN(C)CC2)c1. The lowest BCUT2D eigenvalue weighted by molar-refractivity contribution is 0.224. The minimum atomic E-state index is 0.470. The predicted octanol–water partition coefficient (Wildman–Crippen LogP) is 1.76. The Bertz CT molecular complexity index is 453. The molecule has 0 unspecified atom stereocenters. The number of hydrogen-bond donors (Lipinski definition) is 2. The van der Waals surface area contributed by atoms with Gasteiger partial charge in [-0.2, -0.15) is 0 Å². The zero-order chi connectivity index (χ0) is 14.4. The summed E-state index contributed by atoms with van der Waals surface area (Å²) >= 11 is 0. The number of ether oxygens (including phenoxy) is 1. The first-order valence-corrected chi connectivity index (χ1v) is 7.07. The smallest absolute Gasteiger partial charge is 0.193 e. The Hall–Kier alpha value is -1.75. The van der Waals surface area contributed by atoms with Crippen LogP contribution in [0.4, 0.5) is 5.69 Å². The first-order chi connectivity index (χ1) is 9.67. The summed E-state index contributed by atoms with van der Waals surface area (Å²) in [6.07, 6.45) is 2.40. The number of nitrogens with two attached hydrogens (primary N) is 1. The van der Waals surface area contributed by atoms with Crippen molar-refractivity contribution in [2.75, 3.05) is 39.1 Å². The molecule has 0 aliphatic carbocycles. The molecule has 1 saturated heterocycles. The molecule has 0 amide bonds. The van der Waals surface area contributed by atoms with Crippen molar-refractivity contribution in [2.24, 2.45) is 16.6 Å². The number of aliphatic imine (C=N–C) groups is 1. The van der Waals surface area contributed by atoms with Gasteiger partial charge in [0.1, 0.15) is 5.75 Å². The summed E-state index contributed by atoms with van der Waals surface area (Å²) in [6, 6.07) is 7.67. The lowest BCUT2D eigenvalue weighted by Gasteiger charge is -2.27. The van der Waals surface area contributed by atoms with Crippen LogP contribution in [0.3, 0.4) is 0 Å². The zero-order valence-electron chi connectivity index (χ0n) is 12.3. The number of guanidine groups is 1. The van der Waals surface area contributed by atoms with Crippen LogP contribution in [0, 0.1) is 5.92 Å². The van der Waals surface area contributed by atoms with Gasteiger partial charge in [0.05, 0.1) is 7.11 Å². The van der Waals surface area contributed by atoms with E-state index in [2.05, 4.69) is 22.3 Å². The Labute approximate surface area is 120 Å². The maximum atomic E-state index is 5.93. The fraction of sp³-hybridized carbons (Fsp3) is 0.533. The van der Waals surface area contributed by atoms with Crippen molar-refractivity contribution in [3.63, 3.8) is 0 Å². The Balaban J connectivity index is 1.84. The molecule has 1 heterocycles. The van der Waals surface area contributed by atoms with Crippen LogP contribution in [0.15, 0.2) is 29.3 Å². The minimum Gasteiger partial charge on any atom is -0.497 e. The third kappa shape index (κ3) is 4.42. The van der Waals surface area contributed by atoms with Crippen molar-refractivity contribution in [2.45, 2.75) is 12.8 Å². The van der Waals surface area contributed by atoms with E-state index in [0.29, 0.717) is 11.9 Å². The molecule has 0 bridgehead atoms. The molecule has 0 radical (unpaired) electrons. The molecular weight excluding hydrogens is 252 g/mol. The van der Waals surface area contributed by atoms with E-state index in [1.807, 2.05) is 24.3 Å². The van der Waals surface area contributed by atoms with Gasteiger partial charge in [0, 0.05) is 18.3 Å². The van der Waals surface area contributed by atoms with E-state index < -0.39 is 0 Å². The van der Waals surface area contributed by atoms with Gasteiger partial charge in [0.2, 0.25) is 0 Å². The molecule has 1 aromatic rings. The van der Waals surface area contributed by atoms with Crippen molar-refractivity contribution in [3.05, 3.63) is 24.3 Å². The summed E-state index contributed by atoms with van der Waals surface area (Å²) in [7, 11) is 3.81. The van der Waals surface area contributed by atoms with Gasteiger partial charge >= 0.3 is 0 Å². The number of likely N-dealkylation sites (tertiary alicyclic amines) is 1. The fourth-order valence-corrected chi connectivity index (χ4v) is 2.36. The number of hydrogen-bond acceptors (Lipinski definition) is 3. The van der Waals surface area contributed by atoms with Crippen LogP contribution in [-0.2, 0) is 0 Å². The highest BCUT2D eigenvalue weighted by molar-refractivity contribution is 5.92. The third-order valence-electron chi connectivity index (χ3n) is 3.70. The van der Waals surface area contributed by atoms with Crippen molar-refractivity contribution in [1.29, 1.82) is 0 Å². The van der Waals surface area contributed by atoms with Gasteiger partial charge in [-0.3, -0.25) is 4.99 Å². The molecule has 1 aliphatic heterocycles. The van der Waals surface area contributed by atoms with E-state index in [1.165, 1.54) is 12.8 Å². The summed E-state index contributed by atoms with van der Waals surface area (Å²) in [5.41, 5.74) is 6.83. The highest BCUT2D eigenvalue weighted by atomic mass is 16.5. The van der Waals surface area contributed by atoms with Gasteiger partial charge in [0.15, 0.2) is 5.96 Å². The van der Waals surface area contributed by atoms with Crippen LogP contribution < -0.4 is 15.8 Å². The fourth-order valence-electron chi connectivity index (χ4n) is 2.36. The number of nitrogens with zero attached hydrogens (tertiary/aromatic N) is 2. The molecule has 1 aliphatic rings. The molecule has 0 spiro atoms. The Kier molecular flexibility index (Phi) is 5.24. The molecule has 20 heavy (non-hydrogen) atoms. The minimum absolute atomic E-state index is 0.470. The maximum absolute atomic E-state index is 5.93. The molecule has 5 heteroatoms. The van der Waals surface area contributed by atoms with E-state index in [1.54, 1.807) is 7.11 Å². The summed E-state index contributed by atoms with van der Waals surface area (Å²) in [6.45, 7) is 3.11. The second-order valence-corrected chi connectivity index (χ2v) is 5.33. The maximum Gasteiger partial charge on any atom is 0.193 e. The van der Waals surface area contributed by atoms with E-state index in [0.717, 1.165) is 31.1 Å². The normalized spacial score (nSPS) is 18.0. The van der Waals surface area contributed by atoms with Crippen molar-refractivity contribution in [3.8, 4) is 5.75 Å². The van der Waals surface area contributed by atoms with Gasteiger partial charge < -0.3 is 20.7 Å². The largest absolute Gasteiger partial charge is 0.497 e. The second kappa shape index (κ2) is 7.14. The van der Waals surface area contributed by atoms with Crippen molar-refractivity contribution < 1.29 is 4.74 Å². The molecule has 0 saturated carbocycles. The standard InChI is InChI=1S/C15H24N4O/c1-19-8-6-12(7-9-19)11-17-15(16)18-13-4-3-5-14(10-13)20-2/h3-5,10,12H,6-9,11H2,1-2H3,(H3,16,17,18).